The third-order valence-corrected chi connectivity index (χ3v) is 8.02. The Kier molecular flexibility index (Phi) is 6.57. The first-order valence-electron chi connectivity index (χ1n) is 13.2. The van der Waals surface area contributed by atoms with Crippen LogP contribution in [0.5, 0.6) is 0 Å². The van der Waals surface area contributed by atoms with E-state index in [1.807, 2.05) is 33.8 Å². The zero-order valence-corrected chi connectivity index (χ0v) is 21.3. The van der Waals surface area contributed by atoms with Crippen molar-refractivity contribution in [3.63, 3.8) is 0 Å². The molecule has 6 rings (SSSR count). The summed E-state index contributed by atoms with van der Waals surface area (Å²) < 4.78 is 30.7. The van der Waals surface area contributed by atoms with E-state index in [2.05, 4.69) is 32.3 Å². The Morgan fingerprint density at radius 3 is 2.79 bits per heavy atom. The largest absolute Gasteiger partial charge is 0.336 e. The third kappa shape index (κ3) is 4.53. The van der Waals surface area contributed by atoms with Crippen molar-refractivity contribution < 1.29 is 13.6 Å². The molecule has 38 heavy (non-hydrogen) atoms. The van der Waals surface area contributed by atoms with E-state index in [-0.39, 0.29) is 30.2 Å². The molecule has 3 aromatic heterocycles. The number of pyridine rings is 1. The standard InChI is InChI=1S/C28H31F2N7O/c1-2-19-7-8-20(37(19)17-21-23(29)4-3-5-24(21)30)14-32-28(38)36-12-10-25-22(16-36)27(34-33-25)18-6-9-26-31-11-13-35(26)15-18/h3-6,9,11,13,15,19-20H,2,7-8,10,12,14,16-17H2,1H3,(H,32,38)(H,33,34)/t19-,20-/m0/s1. The fourth-order valence-corrected chi connectivity index (χ4v) is 5.88. The maximum atomic E-state index is 14.4. The second-order valence-electron chi connectivity index (χ2n) is 10.2. The van der Waals surface area contributed by atoms with Crippen LogP contribution in [0.1, 0.15) is 43.0 Å². The number of imidazole rings is 1. The Morgan fingerprint density at radius 2 is 1.97 bits per heavy atom. The lowest BCUT2D eigenvalue weighted by atomic mass is 10.0. The number of urea groups is 1. The van der Waals surface area contributed by atoms with E-state index < -0.39 is 11.6 Å². The van der Waals surface area contributed by atoms with Crippen LogP contribution in [0.2, 0.25) is 0 Å². The maximum Gasteiger partial charge on any atom is 0.317 e. The summed E-state index contributed by atoms with van der Waals surface area (Å²) in [6.07, 6.45) is 9.06. The first-order chi connectivity index (χ1) is 18.5. The Morgan fingerprint density at radius 1 is 1.16 bits per heavy atom. The molecule has 2 aliphatic heterocycles. The number of hydrogen-bond acceptors (Lipinski definition) is 4. The fourth-order valence-electron chi connectivity index (χ4n) is 5.88. The van der Waals surface area contributed by atoms with Gasteiger partial charge in [0.2, 0.25) is 0 Å². The number of aromatic amines is 1. The molecule has 2 N–H and O–H groups in total. The first-order valence-corrected chi connectivity index (χ1v) is 13.2. The van der Waals surface area contributed by atoms with E-state index in [1.54, 1.807) is 6.20 Å². The van der Waals surface area contributed by atoms with Crippen molar-refractivity contribution >= 4 is 11.7 Å². The van der Waals surface area contributed by atoms with Crippen molar-refractivity contribution in [3.05, 3.63) is 77.4 Å². The summed E-state index contributed by atoms with van der Waals surface area (Å²) in [5.41, 5.74) is 4.83. The molecule has 198 valence electrons. The number of carbonyl (C=O) groups is 1. The van der Waals surface area contributed by atoms with Crippen molar-refractivity contribution in [2.75, 3.05) is 13.1 Å². The summed E-state index contributed by atoms with van der Waals surface area (Å²) in [7, 11) is 0. The summed E-state index contributed by atoms with van der Waals surface area (Å²) in [5, 5.41) is 10.8. The Bertz CT molecular complexity index is 1440. The van der Waals surface area contributed by atoms with E-state index in [1.165, 1.54) is 18.2 Å². The highest BCUT2D eigenvalue weighted by atomic mass is 19.1. The Labute approximate surface area is 219 Å². The van der Waals surface area contributed by atoms with Crippen LogP contribution in [-0.2, 0) is 19.5 Å². The molecule has 2 aliphatic rings. The van der Waals surface area contributed by atoms with Crippen molar-refractivity contribution in [1.29, 1.82) is 0 Å². The van der Waals surface area contributed by atoms with Gasteiger partial charge in [-0.3, -0.25) is 10.00 Å². The number of rotatable bonds is 6. The number of aromatic nitrogens is 4. The lowest BCUT2D eigenvalue weighted by molar-refractivity contribution is 0.162. The minimum absolute atomic E-state index is 0.0228. The quantitative estimate of drug-likeness (QED) is 0.393. The van der Waals surface area contributed by atoms with Crippen LogP contribution in [0.25, 0.3) is 16.9 Å². The van der Waals surface area contributed by atoms with Crippen LogP contribution < -0.4 is 5.32 Å². The van der Waals surface area contributed by atoms with Crippen LogP contribution in [0, 0.1) is 11.6 Å². The van der Waals surface area contributed by atoms with Crippen molar-refractivity contribution in [2.24, 2.45) is 0 Å². The summed E-state index contributed by atoms with van der Waals surface area (Å²) in [4.78, 5) is 21.5. The summed E-state index contributed by atoms with van der Waals surface area (Å²) in [5.74, 6) is -1.05. The van der Waals surface area contributed by atoms with Gasteiger partial charge >= 0.3 is 6.03 Å². The van der Waals surface area contributed by atoms with Gasteiger partial charge in [-0.05, 0) is 43.5 Å². The van der Waals surface area contributed by atoms with Gasteiger partial charge in [0.25, 0.3) is 0 Å². The average Bonchev–Trinajstić information content (AvgIpc) is 3.66. The zero-order chi connectivity index (χ0) is 26.2. The van der Waals surface area contributed by atoms with Gasteiger partial charge in [-0.2, -0.15) is 5.10 Å². The fraction of sp³-hybridized carbons (Fsp3) is 0.393. The van der Waals surface area contributed by atoms with Gasteiger partial charge in [0.05, 0.1) is 12.2 Å². The zero-order valence-electron chi connectivity index (χ0n) is 21.3. The number of likely N-dealkylation sites (tertiary alicyclic amines) is 1. The molecule has 1 fully saturated rings. The molecule has 5 heterocycles. The number of fused-ring (bicyclic) bond motifs is 2. The smallest absolute Gasteiger partial charge is 0.317 e. The maximum absolute atomic E-state index is 14.4. The number of nitrogens with one attached hydrogen (secondary N) is 2. The number of H-pyrrole nitrogens is 1. The van der Waals surface area contributed by atoms with Gasteiger partial charge in [-0.15, -0.1) is 0 Å². The van der Waals surface area contributed by atoms with Crippen molar-refractivity contribution in [2.45, 2.75) is 57.8 Å². The topological polar surface area (TPSA) is 81.6 Å². The molecule has 0 spiro atoms. The number of amides is 2. The number of halogens is 2. The van der Waals surface area contributed by atoms with E-state index in [4.69, 9.17) is 0 Å². The van der Waals surface area contributed by atoms with E-state index >= 15 is 0 Å². The van der Waals surface area contributed by atoms with Gasteiger partial charge in [0.15, 0.2) is 0 Å². The molecule has 1 saturated heterocycles. The van der Waals surface area contributed by atoms with E-state index in [9.17, 15) is 13.6 Å². The monoisotopic (exact) mass is 519 g/mol. The Hall–Kier alpha value is -3.79. The molecule has 2 atom stereocenters. The summed E-state index contributed by atoms with van der Waals surface area (Å²) in [6.45, 7) is 3.78. The highest BCUT2D eigenvalue weighted by molar-refractivity contribution is 5.75. The van der Waals surface area contributed by atoms with Gasteiger partial charge in [0, 0.05) is 79.1 Å². The summed E-state index contributed by atoms with van der Waals surface area (Å²) in [6, 6.07) is 8.05. The van der Waals surface area contributed by atoms with Crippen LogP contribution in [-0.4, -0.2) is 60.6 Å². The normalized spacial score (nSPS) is 19.7. The third-order valence-electron chi connectivity index (χ3n) is 8.02. The number of carbonyl (C=O) groups excluding carboxylic acids is 1. The molecule has 0 saturated carbocycles. The second-order valence-corrected chi connectivity index (χ2v) is 10.2. The minimum Gasteiger partial charge on any atom is -0.336 e. The molecule has 0 unspecified atom stereocenters. The lowest BCUT2D eigenvalue weighted by Crippen LogP contribution is -2.48. The molecular weight excluding hydrogens is 488 g/mol. The number of nitrogens with zero attached hydrogens (tertiary/aromatic N) is 5. The van der Waals surface area contributed by atoms with Crippen LogP contribution >= 0.6 is 0 Å². The molecule has 0 aliphatic carbocycles. The molecule has 8 nitrogen and oxygen atoms in total. The second kappa shape index (κ2) is 10.2. The van der Waals surface area contributed by atoms with Gasteiger partial charge in [-0.25, -0.2) is 18.6 Å². The van der Waals surface area contributed by atoms with Gasteiger partial charge in [0.1, 0.15) is 17.3 Å². The Balaban J connectivity index is 1.13. The molecular formula is C28H31F2N7O. The molecule has 4 aromatic rings. The number of hydrogen-bond donors (Lipinski definition) is 2. The first kappa shape index (κ1) is 24.5. The van der Waals surface area contributed by atoms with Crippen molar-refractivity contribution in [3.8, 4) is 11.3 Å². The molecule has 0 bridgehead atoms. The van der Waals surface area contributed by atoms with Gasteiger partial charge < -0.3 is 14.6 Å². The average molecular weight is 520 g/mol. The van der Waals surface area contributed by atoms with Gasteiger partial charge in [-0.1, -0.05) is 13.0 Å². The predicted octanol–water partition coefficient (Wildman–Crippen LogP) is 4.51. The van der Waals surface area contributed by atoms with Crippen LogP contribution in [0.15, 0.2) is 48.9 Å². The van der Waals surface area contributed by atoms with E-state index in [0.717, 1.165) is 47.4 Å². The molecule has 2 amide bonds. The summed E-state index contributed by atoms with van der Waals surface area (Å²) >= 11 is 0. The molecule has 1 aromatic carbocycles. The highest BCUT2D eigenvalue weighted by Gasteiger charge is 2.34. The van der Waals surface area contributed by atoms with E-state index in [0.29, 0.717) is 26.1 Å². The lowest BCUT2D eigenvalue weighted by Gasteiger charge is -2.32. The van der Waals surface area contributed by atoms with Crippen LogP contribution in [0.3, 0.4) is 0 Å². The SMILES string of the molecule is CC[C@H]1CC[C@@H](CNC(=O)N2CCc3[nH]nc(-c4ccc5nccn5c4)c3C2)N1Cc1c(F)cccc1F. The predicted molar refractivity (Wildman–Crippen MR) is 139 cm³/mol. The number of benzene rings is 1. The minimum atomic E-state index is -0.526. The highest BCUT2D eigenvalue weighted by Crippen LogP contribution is 2.31. The van der Waals surface area contributed by atoms with Crippen molar-refractivity contribution in [1.82, 2.24) is 34.7 Å². The van der Waals surface area contributed by atoms with Crippen LogP contribution in [0.4, 0.5) is 13.6 Å². The molecule has 0 radical (unpaired) electrons. The molecule has 10 heteroatoms.